The first-order valence-electron chi connectivity index (χ1n) is 4.58. The van der Waals surface area contributed by atoms with E-state index in [4.69, 9.17) is 25.3 Å². The summed E-state index contributed by atoms with van der Waals surface area (Å²) < 4.78 is 0. The third kappa shape index (κ3) is 10.7. The summed E-state index contributed by atoms with van der Waals surface area (Å²) in [6.45, 7) is 0. The Bertz CT molecular complexity index is 56.6. The van der Waals surface area contributed by atoms with Crippen molar-refractivity contribution >= 4 is 25.3 Å². The molecular weight excluding hydrogens is 172 g/mol. The zero-order valence-corrected chi connectivity index (χ0v) is 8.81. The largest absolute Gasteiger partial charge is 0.0942 e. The van der Waals surface area contributed by atoms with Gasteiger partial charge in [-0.3, -0.25) is 0 Å². The molecule has 0 aliphatic rings. The van der Waals surface area contributed by atoms with Crippen molar-refractivity contribution in [3.8, 4) is 0 Å². The minimum absolute atomic E-state index is 0.937. The summed E-state index contributed by atoms with van der Waals surface area (Å²) >= 11 is 9.72. The Hall–Kier alpha value is 0.700. The van der Waals surface area contributed by atoms with E-state index in [0.717, 1.165) is 11.5 Å². The number of hydrogen-bond acceptors (Lipinski definition) is 0. The van der Waals surface area contributed by atoms with Gasteiger partial charge < -0.3 is 0 Å². The molecule has 0 aromatic heterocycles. The second-order valence-corrected chi connectivity index (χ2v) is 3.70. The van der Waals surface area contributed by atoms with Crippen LogP contribution in [0.2, 0.25) is 0 Å². The summed E-state index contributed by atoms with van der Waals surface area (Å²) in [5.41, 5.74) is 0. The lowest BCUT2D eigenvalue weighted by atomic mass is 10.1. The van der Waals surface area contributed by atoms with Gasteiger partial charge in [-0.1, -0.05) is 57.4 Å². The SMILES string of the molecule is [S]CCCCCCCCC[S]. The second kappa shape index (κ2) is 10.7. The molecule has 0 rings (SSSR count). The summed E-state index contributed by atoms with van der Waals surface area (Å²) in [5.74, 6) is 1.87. The topological polar surface area (TPSA) is 0 Å². The van der Waals surface area contributed by atoms with E-state index in [1.54, 1.807) is 0 Å². The maximum atomic E-state index is 4.86. The fourth-order valence-corrected chi connectivity index (χ4v) is 1.50. The molecular formula is C9H18S2. The summed E-state index contributed by atoms with van der Waals surface area (Å²) in [6, 6.07) is 0. The van der Waals surface area contributed by atoms with Crippen LogP contribution in [0, 0.1) is 0 Å². The maximum absolute atomic E-state index is 4.86. The lowest BCUT2D eigenvalue weighted by molar-refractivity contribution is 0.606. The van der Waals surface area contributed by atoms with Gasteiger partial charge in [0.25, 0.3) is 0 Å². The van der Waals surface area contributed by atoms with E-state index in [2.05, 4.69) is 0 Å². The van der Waals surface area contributed by atoms with Crippen molar-refractivity contribution in [2.75, 3.05) is 11.5 Å². The molecule has 0 aromatic rings. The van der Waals surface area contributed by atoms with Crippen LogP contribution in [-0.4, -0.2) is 11.5 Å². The first-order valence-corrected chi connectivity index (χ1v) is 5.73. The molecule has 0 spiro atoms. The van der Waals surface area contributed by atoms with Gasteiger partial charge in [0, 0.05) is 11.5 Å². The van der Waals surface area contributed by atoms with Crippen molar-refractivity contribution in [3.63, 3.8) is 0 Å². The molecule has 0 atom stereocenters. The van der Waals surface area contributed by atoms with Crippen LogP contribution in [0.15, 0.2) is 0 Å². The summed E-state index contributed by atoms with van der Waals surface area (Å²) in [4.78, 5) is 0. The monoisotopic (exact) mass is 190 g/mol. The Morgan fingerprint density at radius 2 is 0.727 bits per heavy atom. The van der Waals surface area contributed by atoms with Crippen LogP contribution in [0.25, 0.3) is 0 Å². The maximum Gasteiger partial charge on any atom is 0.00369 e. The Balaban J connectivity index is 2.69. The van der Waals surface area contributed by atoms with Crippen molar-refractivity contribution in [2.45, 2.75) is 44.9 Å². The summed E-state index contributed by atoms with van der Waals surface area (Å²) in [6.07, 6.45) is 9.24. The highest BCUT2D eigenvalue weighted by atomic mass is 32.1. The Kier molecular flexibility index (Phi) is 11.4. The third-order valence-electron chi connectivity index (χ3n) is 1.79. The highest BCUT2D eigenvalue weighted by Gasteiger charge is 1.89. The van der Waals surface area contributed by atoms with E-state index >= 15 is 0 Å². The van der Waals surface area contributed by atoms with E-state index in [9.17, 15) is 0 Å². The predicted octanol–water partition coefficient (Wildman–Crippen LogP) is 4.11. The quantitative estimate of drug-likeness (QED) is 0.505. The molecule has 0 nitrogen and oxygen atoms in total. The highest BCUT2D eigenvalue weighted by Crippen LogP contribution is 2.07. The second-order valence-electron chi connectivity index (χ2n) is 2.88. The molecule has 66 valence electrons. The highest BCUT2D eigenvalue weighted by molar-refractivity contribution is 7.80. The van der Waals surface area contributed by atoms with Crippen molar-refractivity contribution in [1.82, 2.24) is 0 Å². The van der Waals surface area contributed by atoms with Gasteiger partial charge in [0.15, 0.2) is 0 Å². The normalized spacial score (nSPS) is 10.4. The molecule has 11 heavy (non-hydrogen) atoms. The molecule has 0 heterocycles. The minimum atomic E-state index is 0.937. The summed E-state index contributed by atoms with van der Waals surface area (Å²) in [7, 11) is 0. The molecule has 0 unspecified atom stereocenters. The molecule has 2 heteroatoms. The van der Waals surface area contributed by atoms with Crippen molar-refractivity contribution < 1.29 is 0 Å². The Labute approximate surface area is 82.0 Å². The zero-order valence-electron chi connectivity index (χ0n) is 7.18. The molecule has 0 fully saturated rings. The van der Waals surface area contributed by atoms with Gasteiger partial charge in [-0.05, 0) is 12.8 Å². The van der Waals surface area contributed by atoms with Gasteiger partial charge in [0.05, 0.1) is 0 Å². The molecule has 0 amide bonds. The van der Waals surface area contributed by atoms with E-state index in [-0.39, 0.29) is 0 Å². The lowest BCUT2D eigenvalue weighted by Crippen LogP contribution is -1.81. The van der Waals surface area contributed by atoms with E-state index in [0.29, 0.717) is 0 Å². The molecule has 0 saturated carbocycles. The zero-order chi connectivity index (χ0) is 8.36. The Morgan fingerprint density at radius 1 is 0.455 bits per heavy atom. The smallest absolute Gasteiger partial charge is 0.00369 e. The fraction of sp³-hybridized carbons (Fsp3) is 1.00. The van der Waals surface area contributed by atoms with Gasteiger partial charge in [-0.25, -0.2) is 0 Å². The van der Waals surface area contributed by atoms with Crippen LogP contribution in [-0.2, 0) is 0 Å². The van der Waals surface area contributed by atoms with Crippen molar-refractivity contribution in [3.05, 3.63) is 0 Å². The van der Waals surface area contributed by atoms with Gasteiger partial charge >= 0.3 is 0 Å². The van der Waals surface area contributed by atoms with E-state index in [1.165, 1.54) is 44.9 Å². The standard InChI is InChI=1S/C9H18S2/c10-8-6-4-2-1-3-5-7-9-11/h1-9H2. The molecule has 0 saturated heterocycles. The summed E-state index contributed by atoms with van der Waals surface area (Å²) in [5, 5.41) is 0. The molecule has 2 radical (unpaired) electrons. The van der Waals surface area contributed by atoms with Gasteiger partial charge in [0.1, 0.15) is 0 Å². The first-order chi connectivity index (χ1) is 5.41. The van der Waals surface area contributed by atoms with Crippen LogP contribution in [0.5, 0.6) is 0 Å². The minimum Gasteiger partial charge on any atom is -0.0942 e. The van der Waals surface area contributed by atoms with Gasteiger partial charge in [-0.15, -0.1) is 0 Å². The molecule has 0 N–H and O–H groups in total. The van der Waals surface area contributed by atoms with Crippen LogP contribution in [0.4, 0.5) is 0 Å². The van der Waals surface area contributed by atoms with E-state index < -0.39 is 0 Å². The van der Waals surface area contributed by atoms with E-state index in [1.807, 2.05) is 0 Å². The van der Waals surface area contributed by atoms with Crippen LogP contribution in [0.3, 0.4) is 0 Å². The van der Waals surface area contributed by atoms with Crippen LogP contribution >= 0.6 is 25.3 Å². The third-order valence-corrected chi connectivity index (χ3v) is 2.37. The van der Waals surface area contributed by atoms with Gasteiger partial charge in [-0.2, -0.15) is 0 Å². The average molecular weight is 190 g/mol. The van der Waals surface area contributed by atoms with Gasteiger partial charge in [0.2, 0.25) is 0 Å². The van der Waals surface area contributed by atoms with Crippen LogP contribution < -0.4 is 0 Å². The Morgan fingerprint density at radius 3 is 1.00 bits per heavy atom. The number of unbranched alkanes of at least 4 members (excludes halogenated alkanes) is 6. The number of hydrogen-bond donors (Lipinski definition) is 0. The average Bonchev–Trinajstić information content (AvgIpc) is 2.03. The molecule has 0 bridgehead atoms. The number of rotatable bonds is 8. The first kappa shape index (κ1) is 11.7. The molecule has 0 aromatic carbocycles. The fourth-order valence-electron chi connectivity index (χ4n) is 1.09. The van der Waals surface area contributed by atoms with Crippen molar-refractivity contribution in [1.29, 1.82) is 0 Å². The predicted molar refractivity (Wildman–Crippen MR) is 57.2 cm³/mol. The molecule has 0 aliphatic heterocycles. The lowest BCUT2D eigenvalue weighted by Gasteiger charge is -1.98. The molecule has 0 aliphatic carbocycles. The van der Waals surface area contributed by atoms with Crippen LogP contribution in [0.1, 0.15) is 44.9 Å². The van der Waals surface area contributed by atoms with Crippen molar-refractivity contribution in [2.24, 2.45) is 0 Å².